The number of fused-ring (bicyclic) bond motifs is 5. The summed E-state index contributed by atoms with van der Waals surface area (Å²) in [4.78, 5) is 0. The lowest BCUT2D eigenvalue weighted by Crippen LogP contribution is -2.40. The minimum absolute atomic E-state index is 0.0531. The summed E-state index contributed by atoms with van der Waals surface area (Å²) in [7, 11) is 0. The second-order valence-corrected chi connectivity index (χ2v) is 10.8. The van der Waals surface area contributed by atoms with Crippen molar-refractivity contribution in [3.63, 3.8) is 0 Å². The second-order valence-electron chi connectivity index (χ2n) is 10.8. The highest BCUT2D eigenvalue weighted by atomic mass is 16.3. The van der Waals surface area contributed by atoms with Crippen LogP contribution in [0.5, 0.6) is 23.0 Å². The maximum absolute atomic E-state index is 9.74. The molecule has 0 aliphatic heterocycles. The molecule has 3 aliphatic carbocycles. The molecule has 3 aliphatic rings. The van der Waals surface area contributed by atoms with Crippen molar-refractivity contribution in [3.05, 3.63) is 120 Å². The second kappa shape index (κ2) is 11.2. The minimum Gasteiger partial charge on any atom is -0.508 e. The van der Waals surface area contributed by atoms with Gasteiger partial charge < -0.3 is 20.4 Å². The molecule has 4 aromatic carbocycles. The van der Waals surface area contributed by atoms with Crippen LogP contribution in [0.4, 0.5) is 0 Å². The molecule has 0 aromatic heterocycles. The zero-order chi connectivity index (χ0) is 26.5. The van der Waals surface area contributed by atoms with Crippen LogP contribution in [0, 0.1) is 23.7 Å². The van der Waals surface area contributed by atoms with Crippen molar-refractivity contribution >= 4 is 0 Å². The van der Waals surface area contributed by atoms with Crippen molar-refractivity contribution in [2.24, 2.45) is 23.7 Å². The Morgan fingerprint density at radius 3 is 1.34 bits per heavy atom. The number of rotatable bonds is 2. The fourth-order valence-corrected chi connectivity index (χ4v) is 7.35. The van der Waals surface area contributed by atoms with Crippen LogP contribution in [0.25, 0.3) is 0 Å². The Kier molecular flexibility index (Phi) is 7.59. The van der Waals surface area contributed by atoms with Crippen molar-refractivity contribution in [2.45, 2.75) is 37.5 Å². The van der Waals surface area contributed by atoms with E-state index in [1.54, 1.807) is 48.5 Å². The highest BCUT2D eigenvalue weighted by molar-refractivity contribution is 5.46. The highest BCUT2D eigenvalue weighted by Gasteiger charge is 2.61. The van der Waals surface area contributed by atoms with Crippen molar-refractivity contribution in [1.82, 2.24) is 0 Å². The summed E-state index contributed by atoms with van der Waals surface area (Å²) in [5.41, 5.74) is 2.73. The zero-order valence-corrected chi connectivity index (χ0v) is 21.5. The van der Waals surface area contributed by atoms with Crippen LogP contribution in [-0.4, -0.2) is 20.4 Å². The van der Waals surface area contributed by atoms with Gasteiger partial charge in [-0.3, -0.25) is 0 Å². The number of aromatic hydroxyl groups is 4. The normalized spacial score (nSPS) is 23.9. The van der Waals surface area contributed by atoms with E-state index in [1.807, 2.05) is 36.4 Å². The van der Waals surface area contributed by atoms with E-state index < -0.39 is 0 Å². The average Bonchev–Trinajstić information content (AvgIpc) is 3.65. The Balaban J connectivity index is 0.000000172. The number of benzene rings is 4. The molecule has 4 aromatic rings. The molecule has 3 saturated carbocycles. The van der Waals surface area contributed by atoms with Gasteiger partial charge in [-0.2, -0.15) is 0 Å². The standard InChI is InChI=1S/C22H24O2.2C6H6O/c23-17-8-4-15(5-9-17)22(16-6-10-18(24)11-7-16)13-14-12-21(22)20-3-1-2-19(14)20;2*7-6-4-2-1-3-5-6/h4-11,14,19-21,23-24H,1-3,12-13H2;2*1-5,7H. The third-order valence-corrected chi connectivity index (χ3v) is 8.80. The van der Waals surface area contributed by atoms with Gasteiger partial charge in [0.1, 0.15) is 23.0 Å². The van der Waals surface area contributed by atoms with Crippen molar-refractivity contribution < 1.29 is 20.4 Å². The van der Waals surface area contributed by atoms with E-state index in [2.05, 4.69) is 24.3 Å². The van der Waals surface area contributed by atoms with Crippen LogP contribution in [-0.2, 0) is 5.41 Å². The summed E-state index contributed by atoms with van der Waals surface area (Å²) in [6.07, 6.45) is 6.76. The molecule has 0 heterocycles. The molecule has 38 heavy (non-hydrogen) atoms. The summed E-state index contributed by atoms with van der Waals surface area (Å²) < 4.78 is 0. The molecule has 4 N–H and O–H groups in total. The van der Waals surface area contributed by atoms with Crippen molar-refractivity contribution in [2.75, 3.05) is 0 Å². The monoisotopic (exact) mass is 508 g/mol. The topological polar surface area (TPSA) is 80.9 Å². The van der Waals surface area contributed by atoms with Gasteiger partial charge in [0, 0.05) is 5.41 Å². The Morgan fingerprint density at radius 2 is 0.921 bits per heavy atom. The van der Waals surface area contributed by atoms with E-state index in [0.717, 1.165) is 17.8 Å². The van der Waals surface area contributed by atoms with Gasteiger partial charge in [-0.25, -0.2) is 0 Å². The van der Waals surface area contributed by atoms with E-state index in [4.69, 9.17) is 10.2 Å². The molecule has 0 radical (unpaired) electrons. The lowest BCUT2D eigenvalue weighted by atomic mass is 9.59. The van der Waals surface area contributed by atoms with Gasteiger partial charge in [0.15, 0.2) is 0 Å². The smallest absolute Gasteiger partial charge is 0.115 e. The first kappa shape index (κ1) is 25.7. The van der Waals surface area contributed by atoms with Crippen LogP contribution in [0.1, 0.15) is 43.2 Å². The van der Waals surface area contributed by atoms with Gasteiger partial charge >= 0.3 is 0 Å². The Morgan fingerprint density at radius 1 is 0.500 bits per heavy atom. The predicted molar refractivity (Wildman–Crippen MR) is 150 cm³/mol. The first-order valence-corrected chi connectivity index (χ1v) is 13.5. The van der Waals surface area contributed by atoms with Crippen LogP contribution < -0.4 is 0 Å². The van der Waals surface area contributed by atoms with E-state index in [9.17, 15) is 10.2 Å². The molecule has 4 unspecified atom stereocenters. The summed E-state index contributed by atoms with van der Waals surface area (Å²) in [5.74, 6) is 4.64. The quantitative estimate of drug-likeness (QED) is 0.224. The van der Waals surface area contributed by atoms with Gasteiger partial charge in [0.05, 0.1) is 0 Å². The third kappa shape index (κ3) is 5.22. The molecular formula is C34H36O4. The molecule has 4 atom stereocenters. The largest absolute Gasteiger partial charge is 0.508 e. The third-order valence-electron chi connectivity index (χ3n) is 8.80. The molecule has 4 nitrogen and oxygen atoms in total. The van der Waals surface area contributed by atoms with Crippen LogP contribution >= 0.6 is 0 Å². The Hall–Kier alpha value is -3.92. The van der Waals surface area contributed by atoms with Crippen LogP contribution in [0.3, 0.4) is 0 Å². The van der Waals surface area contributed by atoms with Gasteiger partial charge in [-0.05, 0) is 109 Å². The minimum atomic E-state index is 0.0531. The SMILES string of the molecule is Oc1ccc(C2(c3ccc(O)cc3)CC3CC2C2CCCC32)cc1.Oc1ccccc1.Oc1ccccc1. The molecule has 2 bridgehead atoms. The number of hydrogen-bond donors (Lipinski definition) is 4. The lowest BCUT2D eigenvalue weighted by Gasteiger charge is -2.44. The maximum atomic E-state index is 9.74. The number of phenolic OH excluding ortho intramolecular Hbond substituents is 4. The summed E-state index contributed by atoms with van der Waals surface area (Å²) in [6.45, 7) is 0. The van der Waals surface area contributed by atoms with Gasteiger partial charge in [0.25, 0.3) is 0 Å². The first-order valence-electron chi connectivity index (χ1n) is 13.5. The molecule has 196 valence electrons. The zero-order valence-electron chi connectivity index (χ0n) is 21.5. The van der Waals surface area contributed by atoms with Gasteiger partial charge in [-0.15, -0.1) is 0 Å². The number of phenols is 4. The summed E-state index contributed by atoms with van der Waals surface area (Å²) in [6, 6.07) is 33.2. The van der Waals surface area contributed by atoms with Crippen molar-refractivity contribution in [1.29, 1.82) is 0 Å². The molecule has 0 saturated heterocycles. The molecule has 3 fully saturated rings. The highest BCUT2D eigenvalue weighted by Crippen LogP contribution is 2.68. The van der Waals surface area contributed by atoms with E-state index in [1.165, 1.54) is 43.2 Å². The van der Waals surface area contributed by atoms with E-state index in [0.29, 0.717) is 28.9 Å². The van der Waals surface area contributed by atoms with Crippen LogP contribution in [0.2, 0.25) is 0 Å². The number of para-hydroxylation sites is 2. The summed E-state index contributed by atoms with van der Waals surface area (Å²) in [5, 5.41) is 36.7. The fourth-order valence-electron chi connectivity index (χ4n) is 7.35. The predicted octanol–water partition coefficient (Wildman–Crippen LogP) is 7.62. The molecule has 4 heteroatoms. The molecule has 0 spiro atoms. The fraction of sp³-hybridized carbons (Fsp3) is 0.294. The summed E-state index contributed by atoms with van der Waals surface area (Å²) >= 11 is 0. The van der Waals surface area contributed by atoms with Gasteiger partial charge in [0.2, 0.25) is 0 Å². The molecule has 7 rings (SSSR count). The van der Waals surface area contributed by atoms with Crippen molar-refractivity contribution in [3.8, 4) is 23.0 Å². The number of hydrogen-bond acceptors (Lipinski definition) is 4. The van der Waals surface area contributed by atoms with Gasteiger partial charge in [-0.1, -0.05) is 67.1 Å². The Bertz CT molecular complexity index is 1200. The van der Waals surface area contributed by atoms with E-state index in [-0.39, 0.29) is 5.41 Å². The molecular weight excluding hydrogens is 472 g/mol. The van der Waals surface area contributed by atoms with E-state index >= 15 is 0 Å². The average molecular weight is 509 g/mol. The Labute approximate surface area is 224 Å². The first-order chi connectivity index (χ1) is 18.5. The van der Waals surface area contributed by atoms with Crippen LogP contribution in [0.15, 0.2) is 109 Å². The maximum Gasteiger partial charge on any atom is 0.115 e. The lowest BCUT2D eigenvalue weighted by molar-refractivity contribution is 0.181. The molecule has 0 amide bonds.